The number of hydrogen-bond acceptors (Lipinski definition) is 2. The Balaban J connectivity index is 2.86. The summed E-state index contributed by atoms with van der Waals surface area (Å²) in [6, 6.07) is 9.71. The monoisotopic (exact) mass is 229 g/mol. The summed E-state index contributed by atoms with van der Waals surface area (Å²) in [5, 5.41) is 9.00. The van der Waals surface area contributed by atoms with Crippen LogP contribution < -0.4 is 0 Å². The minimum Gasteiger partial charge on any atom is -0.293 e. The van der Waals surface area contributed by atoms with Crippen molar-refractivity contribution in [1.82, 2.24) is 0 Å². The van der Waals surface area contributed by atoms with Crippen molar-refractivity contribution in [1.29, 1.82) is 5.26 Å². The molecule has 0 aromatic heterocycles. The van der Waals surface area contributed by atoms with Gasteiger partial charge in [-0.25, -0.2) is 0 Å². The predicted molar refractivity (Wildman–Crippen MR) is 68.7 cm³/mol. The fraction of sp³-hybridized carbons (Fsp3) is 0.467. The van der Waals surface area contributed by atoms with E-state index in [4.69, 9.17) is 5.26 Å². The van der Waals surface area contributed by atoms with Crippen LogP contribution >= 0.6 is 0 Å². The molecule has 0 aliphatic rings. The van der Waals surface area contributed by atoms with Crippen LogP contribution in [0.3, 0.4) is 0 Å². The first kappa shape index (κ1) is 13.4. The second-order valence-electron chi connectivity index (χ2n) is 4.66. The zero-order chi connectivity index (χ0) is 12.8. The van der Waals surface area contributed by atoms with Gasteiger partial charge in [-0.15, -0.1) is 0 Å². The molecule has 0 saturated carbocycles. The van der Waals surface area contributed by atoms with Crippen LogP contribution in [0.15, 0.2) is 24.3 Å². The molecule has 0 fully saturated rings. The van der Waals surface area contributed by atoms with Crippen LogP contribution in [0.2, 0.25) is 0 Å². The Hall–Kier alpha value is -1.62. The first-order valence-corrected chi connectivity index (χ1v) is 6.13. The lowest BCUT2D eigenvalue weighted by atomic mass is 9.89. The second kappa shape index (κ2) is 6.20. The quantitative estimate of drug-likeness (QED) is 0.723. The van der Waals surface area contributed by atoms with E-state index in [0.29, 0.717) is 5.56 Å². The first-order valence-electron chi connectivity index (χ1n) is 6.13. The van der Waals surface area contributed by atoms with Crippen molar-refractivity contribution in [3.05, 3.63) is 35.4 Å². The van der Waals surface area contributed by atoms with Gasteiger partial charge >= 0.3 is 0 Å². The molecule has 2 heteroatoms. The third kappa shape index (κ3) is 3.42. The number of hydrogen-bond donors (Lipinski definition) is 0. The molecule has 0 bridgehead atoms. The molecule has 1 atom stereocenters. The number of ketones is 1. The third-order valence-corrected chi connectivity index (χ3v) is 2.87. The van der Waals surface area contributed by atoms with Crippen molar-refractivity contribution < 1.29 is 4.79 Å². The van der Waals surface area contributed by atoms with Gasteiger partial charge in [0.05, 0.1) is 6.07 Å². The predicted octanol–water partition coefficient (Wildman–Crippen LogP) is 3.62. The largest absolute Gasteiger partial charge is 0.293 e. The summed E-state index contributed by atoms with van der Waals surface area (Å²) in [6.07, 6.45) is 2.13. The molecule has 2 nitrogen and oxygen atoms in total. The molecular weight excluding hydrogens is 210 g/mol. The number of nitrogens with zero attached hydrogens (tertiary/aromatic N) is 1. The number of carbonyl (C=O) groups excluding carboxylic acids is 1. The highest BCUT2D eigenvalue weighted by Gasteiger charge is 2.22. The zero-order valence-corrected chi connectivity index (χ0v) is 10.7. The van der Waals surface area contributed by atoms with E-state index in [1.807, 2.05) is 38.1 Å². The van der Waals surface area contributed by atoms with Gasteiger partial charge in [0.2, 0.25) is 0 Å². The van der Waals surface area contributed by atoms with Crippen LogP contribution in [0, 0.1) is 23.2 Å². The number of benzene rings is 1. The maximum Gasteiger partial charge on any atom is 0.180 e. The van der Waals surface area contributed by atoms with E-state index < -0.39 is 5.92 Å². The van der Waals surface area contributed by atoms with E-state index in [0.717, 1.165) is 12.8 Å². The highest BCUT2D eigenvalue weighted by molar-refractivity contribution is 5.99. The maximum atomic E-state index is 12.1. The molecule has 0 heterocycles. The standard InChI is InChI=1S/C15H19NO/c1-4-5-12-6-8-13(9-7-12)15(17)14(10-16)11(2)3/h6-9,11,14H,4-5H2,1-3H3. The van der Waals surface area contributed by atoms with Crippen molar-refractivity contribution >= 4 is 5.78 Å². The summed E-state index contributed by atoms with van der Waals surface area (Å²) >= 11 is 0. The normalized spacial score (nSPS) is 12.2. The van der Waals surface area contributed by atoms with E-state index in [1.165, 1.54) is 5.56 Å². The molecule has 0 amide bonds. The highest BCUT2D eigenvalue weighted by atomic mass is 16.1. The van der Waals surface area contributed by atoms with Crippen LogP contribution in [0.4, 0.5) is 0 Å². The third-order valence-electron chi connectivity index (χ3n) is 2.87. The van der Waals surface area contributed by atoms with Gasteiger partial charge in [0.25, 0.3) is 0 Å². The molecule has 0 spiro atoms. The number of rotatable bonds is 5. The lowest BCUT2D eigenvalue weighted by Gasteiger charge is -2.11. The molecule has 0 N–H and O–H groups in total. The Morgan fingerprint density at radius 1 is 1.29 bits per heavy atom. The Morgan fingerprint density at radius 2 is 1.88 bits per heavy atom. The summed E-state index contributed by atoms with van der Waals surface area (Å²) in [5.74, 6) is -0.541. The SMILES string of the molecule is CCCc1ccc(C(=O)C(C#N)C(C)C)cc1. The minimum absolute atomic E-state index is 0.0582. The van der Waals surface area contributed by atoms with E-state index in [-0.39, 0.29) is 11.7 Å². The molecule has 1 aromatic carbocycles. The Labute approximate surface area is 103 Å². The lowest BCUT2D eigenvalue weighted by molar-refractivity contribution is 0.0924. The fourth-order valence-corrected chi connectivity index (χ4v) is 1.81. The number of nitriles is 1. The van der Waals surface area contributed by atoms with E-state index in [1.54, 1.807) is 0 Å². The average Bonchev–Trinajstić information content (AvgIpc) is 2.30. The van der Waals surface area contributed by atoms with Crippen molar-refractivity contribution in [2.24, 2.45) is 11.8 Å². The summed E-state index contributed by atoms with van der Waals surface area (Å²) in [7, 11) is 0. The maximum absolute atomic E-state index is 12.1. The van der Waals surface area contributed by atoms with Gasteiger partial charge in [-0.05, 0) is 17.9 Å². The van der Waals surface area contributed by atoms with E-state index in [2.05, 4.69) is 13.0 Å². The molecule has 1 unspecified atom stereocenters. The summed E-state index contributed by atoms with van der Waals surface area (Å²) in [6.45, 7) is 5.93. The van der Waals surface area contributed by atoms with Gasteiger partial charge < -0.3 is 0 Å². The topological polar surface area (TPSA) is 40.9 Å². The van der Waals surface area contributed by atoms with Gasteiger partial charge in [0.15, 0.2) is 5.78 Å². The zero-order valence-electron chi connectivity index (χ0n) is 10.7. The summed E-state index contributed by atoms with van der Waals surface area (Å²) in [5.41, 5.74) is 1.88. The van der Waals surface area contributed by atoms with Gasteiger partial charge in [0.1, 0.15) is 5.92 Å². The van der Waals surface area contributed by atoms with Crippen LogP contribution in [-0.4, -0.2) is 5.78 Å². The molecule has 0 aliphatic carbocycles. The molecule has 17 heavy (non-hydrogen) atoms. The van der Waals surface area contributed by atoms with E-state index in [9.17, 15) is 4.79 Å². The molecule has 0 aliphatic heterocycles. The van der Waals surface area contributed by atoms with E-state index >= 15 is 0 Å². The Bertz CT molecular complexity index is 412. The van der Waals surface area contributed by atoms with Gasteiger partial charge in [-0.3, -0.25) is 4.79 Å². The molecular formula is C15H19NO. The fourth-order valence-electron chi connectivity index (χ4n) is 1.81. The molecule has 0 saturated heterocycles. The second-order valence-corrected chi connectivity index (χ2v) is 4.66. The molecule has 1 rings (SSSR count). The van der Waals surface area contributed by atoms with Crippen molar-refractivity contribution in [2.75, 3.05) is 0 Å². The van der Waals surface area contributed by atoms with Crippen LogP contribution in [0.25, 0.3) is 0 Å². The van der Waals surface area contributed by atoms with Gasteiger partial charge in [-0.1, -0.05) is 51.5 Å². The molecule has 90 valence electrons. The Kier molecular flexibility index (Phi) is 4.90. The lowest BCUT2D eigenvalue weighted by Crippen LogP contribution is -2.18. The highest BCUT2D eigenvalue weighted by Crippen LogP contribution is 2.17. The van der Waals surface area contributed by atoms with Crippen molar-refractivity contribution in [2.45, 2.75) is 33.6 Å². The van der Waals surface area contributed by atoms with Gasteiger partial charge in [-0.2, -0.15) is 5.26 Å². The van der Waals surface area contributed by atoms with Crippen LogP contribution in [0.1, 0.15) is 43.1 Å². The van der Waals surface area contributed by atoms with Crippen molar-refractivity contribution in [3.63, 3.8) is 0 Å². The Morgan fingerprint density at radius 3 is 2.29 bits per heavy atom. The van der Waals surface area contributed by atoms with Crippen LogP contribution in [-0.2, 0) is 6.42 Å². The number of aryl methyl sites for hydroxylation is 1. The minimum atomic E-state index is -0.535. The van der Waals surface area contributed by atoms with Gasteiger partial charge in [0, 0.05) is 5.56 Å². The summed E-state index contributed by atoms with van der Waals surface area (Å²) in [4.78, 5) is 12.1. The first-order chi connectivity index (χ1) is 8.10. The number of carbonyl (C=O) groups is 1. The average molecular weight is 229 g/mol. The smallest absolute Gasteiger partial charge is 0.180 e. The van der Waals surface area contributed by atoms with Crippen molar-refractivity contribution in [3.8, 4) is 6.07 Å². The summed E-state index contributed by atoms with van der Waals surface area (Å²) < 4.78 is 0. The molecule has 1 aromatic rings. The van der Waals surface area contributed by atoms with Crippen LogP contribution in [0.5, 0.6) is 0 Å². The number of Topliss-reactive ketones (excluding diaryl/α,β-unsaturated/α-hetero) is 1. The molecule has 0 radical (unpaired) electrons.